The molecule has 1 aliphatic rings. The number of amides is 3. The molecule has 0 spiro atoms. The van der Waals surface area contributed by atoms with Crippen LogP contribution in [-0.4, -0.2) is 65.0 Å². The van der Waals surface area contributed by atoms with Crippen molar-refractivity contribution in [1.82, 2.24) is 10.6 Å². The third kappa shape index (κ3) is 11.4. The molecule has 10 nitrogen and oxygen atoms in total. The number of carbonyl (C=O) groups is 6. The standard InChI is InChI=1S/C39H41N3O7S/c1-50-22-21-34(39(48)49)41-38(47)31(23-27-9-3-2-4-10-27)24-33(44)25-40-36(45)19-17-32(43)18-20-37(46)42-26-30-13-6-5-11-28(30)15-16-29-12-7-8-14-35(29)42/h2-14,31,34H,17-26H2,1H3,(H,40,45)(H,41,47)(H,48,49)/t31-,34+/m1/s1. The average Bonchev–Trinajstić information content (AvgIpc) is 3.11. The molecule has 0 aliphatic carbocycles. The quantitative estimate of drug-likeness (QED) is 0.167. The van der Waals surface area contributed by atoms with E-state index in [1.807, 2.05) is 85.1 Å². The molecule has 260 valence electrons. The van der Waals surface area contributed by atoms with Crippen LogP contribution in [0.3, 0.4) is 0 Å². The summed E-state index contributed by atoms with van der Waals surface area (Å²) < 4.78 is 0. The van der Waals surface area contributed by atoms with Crippen LogP contribution in [0.4, 0.5) is 5.69 Å². The van der Waals surface area contributed by atoms with Gasteiger partial charge < -0.3 is 20.6 Å². The highest BCUT2D eigenvalue weighted by atomic mass is 32.2. The van der Waals surface area contributed by atoms with Crippen molar-refractivity contribution in [2.24, 2.45) is 5.92 Å². The Morgan fingerprint density at radius 1 is 0.820 bits per heavy atom. The number of carboxylic acid groups (broad SMARTS) is 1. The van der Waals surface area contributed by atoms with Crippen molar-refractivity contribution in [3.05, 3.63) is 101 Å². The Kier molecular flexibility index (Phi) is 14.4. The second-order valence-corrected chi connectivity index (χ2v) is 13.0. The van der Waals surface area contributed by atoms with E-state index in [9.17, 15) is 33.9 Å². The van der Waals surface area contributed by atoms with Crippen LogP contribution < -0.4 is 15.5 Å². The molecule has 1 aliphatic heterocycles. The Bertz CT molecular complexity index is 1770. The van der Waals surface area contributed by atoms with Gasteiger partial charge in [0.05, 0.1) is 18.8 Å². The summed E-state index contributed by atoms with van der Waals surface area (Å²) in [5.41, 5.74) is 3.95. The molecule has 3 aromatic rings. The monoisotopic (exact) mass is 695 g/mol. The van der Waals surface area contributed by atoms with E-state index >= 15 is 0 Å². The number of aliphatic carboxylic acids is 1. The van der Waals surface area contributed by atoms with Gasteiger partial charge in [-0.1, -0.05) is 72.5 Å². The van der Waals surface area contributed by atoms with Crippen LogP contribution in [0.2, 0.25) is 0 Å². The molecule has 3 N–H and O–H groups in total. The van der Waals surface area contributed by atoms with Gasteiger partial charge in [-0.15, -0.1) is 0 Å². The van der Waals surface area contributed by atoms with E-state index in [2.05, 4.69) is 22.5 Å². The maximum absolute atomic E-state index is 13.4. The minimum Gasteiger partial charge on any atom is -0.480 e. The molecular weight excluding hydrogens is 655 g/mol. The lowest BCUT2D eigenvalue weighted by molar-refractivity contribution is -0.142. The Balaban J connectivity index is 1.26. The van der Waals surface area contributed by atoms with Crippen LogP contribution in [0.1, 0.15) is 60.8 Å². The summed E-state index contributed by atoms with van der Waals surface area (Å²) in [5, 5.41) is 14.7. The highest BCUT2D eigenvalue weighted by Crippen LogP contribution is 2.26. The zero-order valence-corrected chi connectivity index (χ0v) is 28.8. The first-order chi connectivity index (χ1) is 24.1. The maximum atomic E-state index is 13.4. The molecule has 2 atom stereocenters. The highest BCUT2D eigenvalue weighted by molar-refractivity contribution is 7.98. The van der Waals surface area contributed by atoms with E-state index in [0.29, 0.717) is 18.0 Å². The summed E-state index contributed by atoms with van der Waals surface area (Å²) in [6.45, 7) is -0.0189. The van der Waals surface area contributed by atoms with Gasteiger partial charge in [-0.25, -0.2) is 4.79 Å². The number of hydrogen-bond acceptors (Lipinski definition) is 7. The largest absolute Gasteiger partial charge is 0.480 e. The number of Topliss-reactive ketones (excluding diaryl/α,β-unsaturated/α-hetero) is 2. The third-order valence-corrected chi connectivity index (χ3v) is 8.94. The zero-order chi connectivity index (χ0) is 35.9. The van der Waals surface area contributed by atoms with Gasteiger partial charge in [0.15, 0.2) is 5.78 Å². The summed E-state index contributed by atoms with van der Waals surface area (Å²) in [4.78, 5) is 78.0. The summed E-state index contributed by atoms with van der Waals surface area (Å²) in [7, 11) is 0. The second-order valence-electron chi connectivity index (χ2n) is 12.0. The molecule has 0 saturated carbocycles. The number of para-hydroxylation sites is 1. The first kappa shape index (κ1) is 37.6. The molecule has 3 amide bonds. The average molecular weight is 696 g/mol. The number of hydrogen-bond donors (Lipinski definition) is 3. The van der Waals surface area contributed by atoms with E-state index in [1.54, 1.807) is 4.90 Å². The van der Waals surface area contributed by atoms with Crippen molar-refractivity contribution in [3.8, 4) is 11.8 Å². The van der Waals surface area contributed by atoms with Gasteiger partial charge in [0.1, 0.15) is 11.8 Å². The van der Waals surface area contributed by atoms with Gasteiger partial charge in [-0.2, -0.15) is 11.8 Å². The zero-order valence-electron chi connectivity index (χ0n) is 28.0. The van der Waals surface area contributed by atoms with E-state index in [-0.39, 0.29) is 63.2 Å². The number of rotatable bonds is 18. The summed E-state index contributed by atoms with van der Waals surface area (Å²) >= 11 is 1.47. The van der Waals surface area contributed by atoms with Crippen LogP contribution >= 0.6 is 11.8 Å². The van der Waals surface area contributed by atoms with Crippen molar-refractivity contribution in [2.75, 3.05) is 23.5 Å². The van der Waals surface area contributed by atoms with Gasteiger partial charge in [-0.05, 0) is 54.2 Å². The van der Waals surface area contributed by atoms with Crippen LogP contribution in [0.25, 0.3) is 0 Å². The van der Waals surface area contributed by atoms with Gasteiger partial charge in [-0.3, -0.25) is 24.0 Å². The van der Waals surface area contributed by atoms with Gasteiger partial charge >= 0.3 is 5.97 Å². The molecule has 0 bridgehead atoms. The third-order valence-electron chi connectivity index (χ3n) is 8.30. The second kappa shape index (κ2) is 19.1. The molecule has 3 aromatic carbocycles. The lowest BCUT2D eigenvalue weighted by atomic mass is 9.93. The van der Waals surface area contributed by atoms with Gasteiger partial charge in [0.2, 0.25) is 17.7 Å². The van der Waals surface area contributed by atoms with Crippen molar-refractivity contribution in [3.63, 3.8) is 0 Å². The molecule has 11 heteroatoms. The van der Waals surface area contributed by atoms with E-state index in [4.69, 9.17) is 0 Å². The molecule has 0 radical (unpaired) electrons. The molecular formula is C39H41N3O7S. The number of nitrogens with zero attached hydrogens (tertiary/aromatic N) is 1. The topological polar surface area (TPSA) is 150 Å². The predicted molar refractivity (Wildman–Crippen MR) is 192 cm³/mol. The fourth-order valence-electron chi connectivity index (χ4n) is 5.54. The molecule has 0 unspecified atom stereocenters. The fraction of sp³-hybridized carbons (Fsp3) is 0.333. The fourth-order valence-corrected chi connectivity index (χ4v) is 6.01. The molecule has 1 heterocycles. The Hall–Kier alpha value is -5.21. The molecule has 50 heavy (non-hydrogen) atoms. The minimum atomic E-state index is -1.15. The lowest BCUT2D eigenvalue weighted by Gasteiger charge is -2.26. The normalized spacial score (nSPS) is 12.8. The maximum Gasteiger partial charge on any atom is 0.326 e. The number of ketones is 2. The van der Waals surface area contributed by atoms with E-state index < -0.39 is 35.5 Å². The molecule has 0 aromatic heterocycles. The number of carbonyl (C=O) groups excluding carboxylic acids is 5. The number of anilines is 1. The van der Waals surface area contributed by atoms with E-state index in [1.165, 1.54) is 11.8 Å². The first-order valence-electron chi connectivity index (χ1n) is 16.5. The Labute approximate surface area is 296 Å². The minimum absolute atomic E-state index is 0.0340. The highest BCUT2D eigenvalue weighted by Gasteiger charge is 2.27. The van der Waals surface area contributed by atoms with Crippen LogP contribution in [0, 0.1) is 17.8 Å². The number of nitrogens with one attached hydrogen (secondary N) is 2. The number of benzene rings is 3. The van der Waals surface area contributed by atoms with Crippen molar-refractivity contribution >= 4 is 52.7 Å². The SMILES string of the molecule is CSCC[C@H](NC(=O)[C@@H](CC(=O)CNC(=O)CCC(=O)CCC(=O)N1Cc2ccccc2C#Cc2ccccc21)Cc1ccccc1)C(=O)O. The number of carboxylic acids is 1. The van der Waals surface area contributed by atoms with Crippen molar-refractivity contribution < 1.29 is 33.9 Å². The molecule has 4 rings (SSSR count). The number of fused-ring (bicyclic) bond motifs is 2. The van der Waals surface area contributed by atoms with Crippen molar-refractivity contribution in [2.45, 2.75) is 57.5 Å². The predicted octanol–water partition coefficient (Wildman–Crippen LogP) is 4.32. The Morgan fingerprint density at radius 3 is 2.22 bits per heavy atom. The van der Waals surface area contributed by atoms with Crippen molar-refractivity contribution in [1.29, 1.82) is 0 Å². The summed E-state index contributed by atoms with van der Waals surface area (Å²) in [5.74, 6) is 2.96. The van der Waals surface area contributed by atoms with Crippen LogP contribution in [0.15, 0.2) is 78.9 Å². The first-order valence-corrected chi connectivity index (χ1v) is 17.9. The lowest BCUT2D eigenvalue weighted by Crippen LogP contribution is -2.45. The molecule has 0 saturated heterocycles. The smallest absolute Gasteiger partial charge is 0.326 e. The van der Waals surface area contributed by atoms with Crippen LogP contribution in [-0.2, 0) is 41.7 Å². The number of thioether (sulfide) groups is 1. The van der Waals surface area contributed by atoms with Gasteiger partial charge in [0.25, 0.3) is 0 Å². The summed E-state index contributed by atoms with van der Waals surface area (Å²) in [6, 6.07) is 23.0. The van der Waals surface area contributed by atoms with E-state index in [0.717, 1.165) is 22.3 Å². The Morgan fingerprint density at radius 2 is 1.48 bits per heavy atom. The van der Waals surface area contributed by atoms with Gasteiger partial charge in [0, 0.05) is 49.1 Å². The molecule has 0 fully saturated rings. The van der Waals surface area contributed by atoms with Crippen LogP contribution in [0.5, 0.6) is 0 Å². The summed E-state index contributed by atoms with van der Waals surface area (Å²) in [6.07, 6.45) is 1.78.